The number of nitrogens with one attached hydrogen (secondary N) is 1. The zero-order valence-corrected chi connectivity index (χ0v) is 13.2. The molecule has 5 nitrogen and oxygen atoms in total. The van der Waals surface area contributed by atoms with Gasteiger partial charge < -0.3 is 10.4 Å². The summed E-state index contributed by atoms with van der Waals surface area (Å²) in [6.07, 6.45) is 7.30. The van der Waals surface area contributed by atoms with Gasteiger partial charge in [0.05, 0.1) is 0 Å². The van der Waals surface area contributed by atoms with Gasteiger partial charge >= 0.3 is 5.97 Å². The lowest BCUT2D eigenvalue weighted by Gasteiger charge is -2.43. The van der Waals surface area contributed by atoms with Crippen molar-refractivity contribution in [2.45, 2.75) is 70.4 Å². The number of carbonyl (C=O) groups excluding carboxylic acids is 1. The van der Waals surface area contributed by atoms with Gasteiger partial charge in [-0.05, 0) is 44.7 Å². The number of likely N-dealkylation sites (tertiary alicyclic amines) is 1. The fraction of sp³-hybridized carbons (Fsp3) is 0.875. The maximum Gasteiger partial charge on any atom is 0.326 e. The molecule has 5 heteroatoms. The molecule has 2 N–H and O–H groups in total. The topological polar surface area (TPSA) is 69.6 Å². The highest BCUT2D eigenvalue weighted by molar-refractivity contribution is 5.90. The lowest BCUT2D eigenvalue weighted by molar-refractivity contribution is -0.146. The van der Waals surface area contributed by atoms with Crippen LogP contribution in [-0.2, 0) is 9.59 Å². The summed E-state index contributed by atoms with van der Waals surface area (Å²) < 4.78 is 0. The fourth-order valence-electron chi connectivity index (χ4n) is 3.76. The highest BCUT2D eigenvalue weighted by Crippen LogP contribution is 2.36. The molecule has 1 atom stereocenters. The predicted molar refractivity (Wildman–Crippen MR) is 81.0 cm³/mol. The van der Waals surface area contributed by atoms with Crippen molar-refractivity contribution >= 4 is 11.9 Å². The Bertz CT molecular complexity index is 383. The van der Waals surface area contributed by atoms with Gasteiger partial charge in [0.25, 0.3) is 0 Å². The number of carboxylic acids is 1. The Kier molecular flexibility index (Phi) is 5.25. The van der Waals surface area contributed by atoms with Crippen LogP contribution < -0.4 is 5.32 Å². The first kappa shape index (κ1) is 16.3. The zero-order chi connectivity index (χ0) is 15.5. The summed E-state index contributed by atoms with van der Waals surface area (Å²) in [5, 5.41) is 12.1. The lowest BCUT2D eigenvalue weighted by Crippen LogP contribution is -2.61. The zero-order valence-electron chi connectivity index (χ0n) is 13.2. The highest BCUT2D eigenvalue weighted by Gasteiger charge is 2.46. The molecule has 0 unspecified atom stereocenters. The van der Waals surface area contributed by atoms with E-state index in [4.69, 9.17) is 0 Å². The van der Waals surface area contributed by atoms with Gasteiger partial charge in [-0.25, -0.2) is 4.79 Å². The Hall–Kier alpha value is -1.10. The molecule has 0 aromatic rings. The second kappa shape index (κ2) is 6.77. The van der Waals surface area contributed by atoms with E-state index in [9.17, 15) is 14.7 Å². The monoisotopic (exact) mass is 296 g/mol. The molecule has 1 saturated carbocycles. The largest absolute Gasteiger partial charge is 0.480 e. The molecule has 2 rings (SSSR count). The lowest BCUT2D eigenvalue weighted by atomic mass is 9.79. The summed E-state index contributed by atoms with van der Waals surface area (Å²) in [5.74, 6) is -1.11. The molecular formula is C16H28N2O3. The van der Waals surface area contributed by atoms with Crippen molar-refractivity contribution in [3.8, 4) is 0 Å². The average Bonchev–Trinajstić information content (AvgIpc) is 2.99. The smallest absolute Gasteiger partial charge is 0.326 e. The fourth-order valence-corrected chi connectivity index (χ4v) is 3.76. The Balaban J connectivity index is 2.16. The van der Waals surface area contributed by atoms with E-state index in [0.717, 1.165) is 51.6 Å². The summed E-state index contributed by atoms with van der Waals surface area (Å²) in [5.41, 5.74) is -0.461. The van der Waals surface area contributed by atoms with E-state index in [-0.39, 0.29) is 11.8 Å². The summed E-state index contributed by atoms with van der Waals surface area (Å²) in [6, 6.07) is -0.793. The number of aliphatic carboxylic acids is 1. The molecule has 21 heavy (non-hydrogen) atoms. The summed E-state index contributed by atoms with van der Waals surface area (Å²) in [4.78, 5) is 26.6. The Morgan fingerprint density at radius 2 is 1.62 bits per heavy atom. The molecule has 0 bridgehead atoms. The average molecular weight is 296 g/mol. The van der Waals surface area contributed by atoms with Crippen molar-refractivity contribution < 1.29 is 14.7 Å². The van der Waals surface area contributed by atoms with E-state index >= 15 is 0 Å². The van der Waals surface area contributed by atoms with Gasteiger partial charge in [0.2, 0.25) is 5.91 Å². The van der Waals surface area contributed by atoms with E-state index in [1.165, 1.54) is 6.42 Å². The summed E-state index contributed by atoms with van der Waals surface area (Å²) >= 11 is 0. The molecule has 2 fully saturated rings. The van der Waals surface area contributed by atoms with Crippen LogP contribution in [0.3, 0.4) is 0 Å². The molecule has 1 saturated heterocycles. The number of amides is 1. The Morgan fingerprint density at radius 1 is 1.05 bits per heavy atom. The van der Waals surface area contributed by atoms with Gasteiger partial charge in [-0.3, -0.25) is 9.69 Å². The molecular weight excluding hydrogens is 268 g/mol. The third-order valence-corrected chi connectivity index (χ3v) is 5.03. The minimum Gasteiger partial charge on any atom is -0.480 e. The van der Waals surface area contributed by atoms with Crippen LogP contribution in [-0.4, -0.2) is 46.6 Å². The van der Waals surface area contributed by atoms with E-state index in [1.807, 2.05) is 13.8 Å². The minimum absolute atomic E-state index is 0.0646. The van der Waals surface area contributed by atoms with Crippen LogP contribution in [0.15, 0.2) is 0 Å². The van der Waals surface area contributed by atoms with Gasteiger partial charge in [-0.15, -0.1) is 0 Å². The molecule has 0 spiro atoms. The number of hydrogen-bond acceptors (Lipinski definition) is 3. The van der Waals surface area contributed by atoms with Gasteiger partial charge in [-0.1, -0.05) is 33.1 Å². The number of rotatable bonds is 5. The third kappa shape index (κ3) is 3.39. The van der Waals surface area contributed by atoms with Crippen LogP contribution in [0.4, 0.5) is 0 Å². The molecule has 0 radical (unpaired) electrons. The van der Waals surface area contributed by atoms with Crippen molar-refractivity contribution in [2.75, 3.05) is 13.1 Å². The standard InChI is InChI=1S/C16H28N2O3/c1-12(2)13(14(19)20)17-15(21)16(8-4-3-5-9-16)18-10-6-7-11-18/h12-13H,3-11H2,1-2H3,(H,17,21)(H,19,20)/t13-/m0/s1. The third-order valence-electron chi connectivity index (χ3n) is 5.03. The summed E-state index contributed by atoms with van der Waals surface area (Å²) in [7, 11) is 0. The van der Waals surface area contributed by atoms with E-state index < -0.39 is 17.6 Å². The molecule has 1 heterocycles. The number of nitrogens with zero attached hydrogens (tertiary/aromatic N) is 1. The van der Waals surface area contributed by atoms with E-state index in [2.05, 4.69) is 10.2 Å². The predicted octanol–water partition coefficient (Wildman–Crippen LogP) is 2.01. The van der Waals surface area contributed by atoms with Crippen molar-refractivity contribution in [3.05, 3.63) is 0 Å². The first-order valence-corrected chi connectivity index (χ1v) is 8.26. The van der Waals surface area contributed by atoms with E-state index in [0.29, 0.717) is 0 Å². The van der Waals surface area contributed by atoms with Crippen LogP contribution in [0.5, 0.6) is 0 Å². The molecule has 1 amide bonds. The van der Waals surface area contributed by atoms with Crippen molar-refractivity contribution in [1.82, 2.24) is 10.2 Å². The molecule has 1 aliphatic heterocycles. The molecule has 1 aliphatic carbocycles. The van der Waals surface area contributed by atoms with Crippen LogP contribution in [0, 0.1) is 5.92 Å². The van der Waals surface area contributed by atoms with Crippen LogP contribution in [0.1, 0.15) is 58.8 Å². The quantitative estimate of drug-likeness (QED) is 0.814. The van der Waals surface area contributed by atoms with Crippen molar-refractivity contribution in [2.24, 2.45) is 5.92 Å². The first-order chi connectivity index (χ1) is 9.97. The van der Waals surface area contributed by atoms with Crippen LogP contribution in [0.2, 0.25) is 0 Å². The molecule has 0 aromatic heterocycles. The number of carboxylic acid groups (broad SMARTS) is 1. The Morgan fingerprint density at radius 3 is 2.10 bits per heavy atom. The normalized spacial score (nSPS) is 24.0. The number of carbonyl (C=O) groups is 2. The molecule has 0 aromatic carbocycles. The second-order valence-electron chi connectivity index (χ2n) is 6.82. The summed E-state index contributed by atoms with van der Waals surface area (Å²) in [6.45, 7) is 5.60. The maximum absolute atomic E-state index is 12.9. The second-order valence-corrected chi connectivity index (χ2v) is 6.82. The van der Waals surface area contributed by atoms with Gasteiger partial charge in [-0.2, -0.15) is 0 Å². The molecule has 120 valence electrons. The van der Waals surface area contributed by atoms with Gasteiger partial charge in [0.1, 0.15) is 11.6 Å². The number of hydrogen-bond donors (Lipinski definition) is 2. The SMILES string of the molecule is CC(C)[C@H](NC(=O)C1(N2CCCC2)CCCCC1)C(=O)O. The minimum atomic E-state index is -0.939. The maximum atomic E-state index is 12.9. The Labute approximate surface area is 127 Å². The van der Waals surface area contributed by atoms with Gasteiger partial charge in [0, 0.05) is 0 Å². The van der Waals surface area contributed by atoms with Crippen molar-refractivity contribution in [1.29, 1.82) is 0 Å². The highest BCUT2D eigenvalue weighted by atomic mass is 16.4. The van der Waals surface area contributed by atoms with Crippen LogP contribution >= 0.6 is 0 Å². The van der Waals surface area contributed by atoms with Crippen LogP contribution in [0.25, 0.3) is 0 Å². The van der Waals surface area contributed by atoms with E-state index in [1.54, 1.807) is 0 Å². The first-order valence-electron chi connectivity index (χ1n) is 8.26. The van der Waals surface area contributed by atoms with Gasteiger partial charge in [0.15, 0.2) is 0 Å². The molecule has 2 aliphatic rings. The van der Waals surface area contributed by atoms with Crippen molar-refractivity contribution in [3.63, 3.8) is 0 Å².